The molecule has 0 radical (unpaired) electrons. The van der Waals surface area contributed by atoms with Crippen molar-refractivity contribution < 1.29 is 13.2 Å². The van der Waals surface area contributed by atoms with Crippen LogP contribution in [0.5, 0.6) is 0 Å². The quantitative estimate of drug-likeness (QED) is 0.717. The average Bonchev–Trinajstić information content (AvgIpc) is 2.74. The van der Waals surface area contributed by atoms with Crippen LogP contribution in [-0.2, 0) is 21.2 Å². The summed E-state index contributed by atoms with van der Waals surface area (Å²) in [6.45, 7) is 2.98. The summed E-state index contributed by atoms with van der Waals surface area (Å²) in [5.41, 5.74) is 1.28. The summed E-state index contributed by atoms with van der Waals surface area (Å²) in [6.07, 6.45) is 3.76. The standard InChI is InChI=1S/C23H30N2O3S/c1-19(12-13-20-8-4-2-5-9-20)24-23(26)18-21-14-16-25(17-15-21)29(27,28)22-10-6-3-7-11-22/h2-11,19,21H,12-18H2,1H3,(H,24,26)/t19-/m1/s1. The highest BCUT2D eigenvalue weighted by Crippen LogP contribution is 2.25. The number of nitrogens with zero attached hydrogens (tertiary/aromatic N) is 1. The number of aryl methyl sites for hydroxylation is 1. The van der Waals surface area contributed by atoms with Gasteiger partial charge in [-0.15, -0.1) is 0 Å². The predicted octanol–water partition coefficient (Wildman–Crippen LogP) is 3.61. The molecule has 1 aliphatic heterocycles. The first-order valence-corrected chi connectivity index (χ1v) is 11.8. The molecule has 6 heteroatoms. The maximum Gasteiger partial charge on any atom is 0.243 e. The zero-order valence-electron chi connectivity index (χ0n) is 17.0. The molecule has 3 rings (SSSR count). The van der Waals surface area contributed by atoms with Crippen LogP contribution in [0.3, 0.4) is 0 Å². The summed E-state index contributed by atoms with van der Waals surface area (Å²) in [5.74, 6) is 0.300. The Labute approximate surface area is 174 Å². The number of rotatable bonds is 8. The maximum absolute atomic E-state index is 12.7. The van der Waals surface area contributed by atoms with Crippen LogP contribution in [-0.4, -0.2) is 37.8 Å². The van der Waals surface area contributed by atoms with Crippen LogP contribution in [0.4, 0.5) is 0 Å². The van der Waals surface area contributed by atoms with Crippen LogP contribution in [0.15, 0.2) is 65.6 Å². The number of nitrogens with one attached hydrogen (secondary N) is 1. The minimum absolute atomic E-state index is 0.0647. The van der Waals surface area contributed by atoms with Gasteiger partial charge in [0.2, 0.25) is 15.9 Å². The number of benzene rings is 2. The lowest BCUT2D eigenvalue weighted by Crippen LogP contribution is -2.40. The van der Waals surface area contributed by atoms with Crippen molar-refractivity contribution in [3.63, 3.8) is 0 Å². The Balaban J connectivity index is 1.41. The summed E-state index contributed by atoms with van der Waals surface area (Å²) >= 11 is 0. The minimum Gasteiger partial charge on any atom is -0.354 e. The van der Waals surface area contributed by atoms with Crippen molar-refractivity contribution in [2.75, 3.05) is 13.1 Å². The van der Waals surface area contributed by atoms with Crippen LogP contribution in [0, 0.1) is 5.92 Å². The van der Waals surface area contributed by atoms with Gasteiger partial charge in [-0.3, -0.25) is 4.79 Å². The molecule has 0 aliphatic carbocycles. The Morgan fingerprint density at radius 2 is 1.62 bits per heavy atom. The number of amides is 1. The fourth-order valence-electron chi connectivity index (χ4n) is 3.79. The highest BCUT2D eigenvalue weighted by atomic mass is 32.2. The summed E-state index contributed by atoms with van der Waals surface area (Å²) in [7, 11) is -3.43. The third-order valence-corrected chi connectivity index (χ3v) is 7.46. The van der Waals surface area contributed by atoms with Crippen molar-refractivity contribution in [2.24, 2.45) is 5.92 Å². The Hall–Kier alpha value is -2.18. The van der Waals surface area contributed by atoms with Crippen LogP contribution >= 0.6 is 0 Å². The molecule has 1 N–H and O–H groups in total. The van der Waals surface area contributed by atoms with Gasteiger partial charge in [-0.2, -0.15) is 4.31 Å². The smallest absolute Gasteiger partial charge is 0.243 e. The van der Waals surface area contributed by atoms with Gasteiger partial charge in [0, 0.05) is 25.6 Å². The minimum atomic E-state index is -3.43. The topological polar surface area (TPSA) is 66.5 Å². The molecule has 5 nitrogen and oxygen atoms in total. The molecule has 2 aromatic carbocycles. The van der Waals surface area contributed by atoms with Gasteiger partial charge >= 0.3 is 0 Å². The SMILES string of the molecule is C[C@H](CCc1ccccc1)NC(=O)CC1CCN(S(=O)(=O)c2ccccc2)CC1. The van der Waals surface area contributed by atoms with Gasteiger partial charge in [0.15, 0.2) is 0 Å². The maximum atomic E-state index is 12.7. The molecule has 29 heavy (non-hydrogen) atoms. The second kappa shape index (κ2) is 10.0. The Morgan fingerprint density at radius 1 is 1.03 bits per heavy atom. The first-order valence-electron chi connectivity index (χ1n) is 10.3. The van der Waals surface area contributed by atoms with Crippen molar-refractivity contribution in [3.8, 4) is 0 Å². The zero-order chi connectivity index (χ0) is 20.7. The summed E-state index contributed by atoms with van der Waals surface area (Å²) in [4.78, 5) is 12.7. The highest BCUT2D eigenvalue weighted by molar-refractivity contribution is 7.89. The van der Waals surface area contributed by atoms with Crippen LogP contribution in [0.1, 0.15) is 38.2 Å². The van der Waals surface area contributed by atoms with E-state index in [4.69, 9.17) is 0 Å². The Morgan fingerprint density at radius 3 is 2.24 bits per heavy atom. The lowest BCUT2D eigenvalue weighted by Gasteiger charge is -2.31. The molecule has 1 amide bonds. The lowest BCUT2D eigenvalue weighted by molar-refractivity contribution is -0.122. The molecule has 0 aromatic heterocycles. The molecule has 0 saturated carbocycles. The first kappa shape index (κ1) is 21.5. The molecule has 1 aliphatic rings. The molecular weight excluding hydrogens is 384 g/mol. The van der Waals surface area contributed by atoms with E-state index in [0.29, 0.717) is 24.4 Å². The van der Waals surface area contributed by atoms with Gasteiger partial charge in [0.1, 0.15) is 0 Å². The predicted molar refractivity (Wildman–Crippen MR) is 115 cm³/mol. The van der Waals surface area contributed by atoms with E-state index in [9.17, 15) is 13.2 Å². The number of hydrogen-bond donors (Lipinski definition) is 1. The largest absolute Gasteiger partial charge is 0.354 e. The molecule has 1 fully saturated rings. The fourth-order valence-corrected chi connectivity index (χ4v) is 5.28. The number of carbonyl (C=O) groups excluding carboxylic acids is 1. The van der Waals surface area contributed by atoms with Crippen molar-refractivity contribution in [1.29, 1.82) is 0 Å². The van der Waals surface area contributed by atoms with E-state index in [2.05, 4.69) is 17.4 Å². The molecule has 156 valence electrons. The van der Waals surface area contributed by atoms with Crippen LogP contribution in [0.2, 0.25) is 0 Å². The monoisotopic (exact) mass is 414 g/mol. The van der Waals surface area contributed by atoms with E-state index >= 15 is 0 Å². The summed E-state index contributed by atoms with van der Waals surface area (Å²) in [5, 5.41) is 3.09. The Bertz CT molecular complexity index is 877. The third-order valence-electron chi connectivity index (χ3n) is 5.54. The van der Waals surface area contributed by atoms with Crippen molar-refractivity contribution in [3.05, 3.63) is 66.2 Å². The van der Waals surface area contributed by atoms with E-state index in [1.165, 1.54) is 5.56 Å². The van der Waals surface area contributed by atoms with Crippen LogP contribution in [0.25, 0.3) is 0 Å². The molecule has 0 bridgehead atoms. The average molecular weight is 415 g/mol. The fraction of sp³-hybridized carbons (Fsp3) is 0.435. The number of hydrogen-bond acceptors (Lipinski definition) is 3. The number of piperidine rings is 1. The van der Waals surface area contributed by atoms with Gasteiger partial charge in [-0.25, -0.2) is 8.42 Å². The van der Waals surface area contributed by atoms with E-state index in [1.807, 2.05) is 31.2 Å². The van der Waals surface area contributed by atoms with Gasteiger partial charge in [-0.05, 0) is 56.2 Å². The second-order valence-corrected chi connectivity index (χ2v) is 9.80. The summed E-state index contributed by atoms with van der Waals surface area (Å²) < 4.78 is 26.9. The van der Waals surface area contributed by atoms with Crippen LogP contribution < -0.4 is 5.32 Å². The Kier molecular flexibility index (Phi) is 7.45. The molecular formula is C23H30N2O3S. The third kappa shape index (κ3) is 6.15. The molecule has 2 aromatic rings. The van der Waals surface area contributed by atoms with Gasteiger partial charge < -0.3 is 5.32 Å². The zero-order valence-corrected chi connectivity index (χ0v) is 17.8. The van der Waals surface area contributed by atoms with Gasteiger partial charge in [0.25, 0.3) is 0 Å². The van der Waals surface area contributed by atoms with E-state index in [0.717, 1.165) is 25.7 Å². The van der Waals surface area contributed by atoms with Gasteiger partial charge in [-0.1, -0.05) is 48.5 Å². The van der Waals surface area contributed by atoms with E-state index < -0.39 is 10.0 Å². The molecule has 0 unspecified atom stereocenters. The normalized spacial score (nSPS) is 17.0. The number of sulfonamides is 1. The number of carbonyl (C=O) groups is 1. The summed E-state index contributed by atoms with van der Waals surface area (Å²) in [6, 6.07) is 18.9. The molecule has 1 saturated heterocycles. The highest BCUT2D eigenvalue weighted by Gasteiger charge is 2.30. The van der Waals surface area contributed by atoms with E-state index in [1.54, 1.807) is 28.6 Å². The van der Waals surface area contributed by atoms with Crippen molar-refractivity contribution in [2.45, 2.75) is 50.0 Å². The molecule has 1 atom stereocenters. The molecule has 0 spiro atoms. The first-order chi connectivity index (χ1) is 13.9. The van der Waals surface area contributed by atoms with Crippen molar-refractivity contribution in [1.82, 2.24) is 9.62 Å². The van der Waals surface area contributed by atoms with E-state index in [-0.39, 0.29) is 17.9 Å². The van der Waals surface area contributed by atoms with Gasteiger partial charge in [0.05, 0.1) is 4.90 Å². The van der Waals surface area contributed by atoms with Crippen molar-refractivity contribution >= 4 is 15.9 Å². The second-order valence-electron chi connectivity index (χ2n) is 7.86. The lowest BCUT2D eigenvalue weighted by atomic mass is 9.94. The molecule has 1 heterocycles.